The van der Waals surface area contributed by atoms with Gasteiger partial charge in [-0.15, -0.1) is 0 Å². The minimum Gasteiger partial charge on any atom is -0.381 e. The van der Waals surface area contributed by atoms with Crippen LogP contribution in [0, 0.1) is 0 Å². The quantitative estimate of drug-likeness (QED) is 0.911. The summed E-state index contributed by atoms with van der Waals surface area (Å²) in [4.78, 5) is 18.6. The van der Waals surface area contributed by atoms with Crippen molar-refractivity contribution < 1.29 is 9.53 Å². The third-order valence-corrected chi connectivity index (χ3v) is 4.01. The number of aromatic nitrogens is 3. The van der Waals surface area contributed by atoms with E-state index in [0.29, 0.717) is 18.7 Å². The van der Waals surface area contributed by atoms with Gasteiger partial charge in [0.25, 0.3) is 5.91 Å². The molecule has 2 aromatic heterocycles. The number of H-pyrrole nitrogens is 1. The Kier molecular flexibility index (Phi) is 4.48. The molecule has 1 N–H and O–H groups in total. The Labute approximate surface area is 129 Å². The van der Waals surface area contributed by atoms with Crippen molar-refractivity contribution in [2.75, 3.05) is 26.8 Å². The van der Waals surface area contributed by atoms with Crippen LogP contribution < -0.4 is 0 Å². The lowest BCUT2D eigenvalue weighted by Gasteiger charge is -2.18. The number of amides is 1. The molecule has 1 saturated heterocycles. The van der Waals surface area contributed by atoms with E-state index >= 15 is 0 Å². The molecular formula is C16H20N4O2. The van der Waals surface area contributed by atoms with E-state index in [0.717, 1.165) is 30.8 Å². The monoisotopic (exact) mass is 300 g/mol. The fourth-order valence-corrected chi connectivity index (χ4v) is 2.68. The van der Waals surface area contributed by atoms with E-state index in [1.165, 1.54) is 0 Å². The normalized spacial score (nSPS) is 17.6. The van der Waals surface area contributed by atoms with Crippen molar-refractivity contribution in [1.29, 1.82) is 0 Å². The molecule has 1 atom stereocenters. The van der Waals surface area contributed by atoms with Gasteiger partial charge >= 0.3 is 0 Å². The summed E-state index contributed by atoms with van der Waals surface area (Å²) in [5.74, 6) is 0.234. The zero-order chi connectivity index (χ0) is 15.4. The number of hydrogen-bond acceptors (Lipinski definition) is 4. The Bertz CT molecular complexity index is 620. The summed E-state index contributed by atoms with van der Waals surface area (Å²) in [5.41, 5.74) is 2.53. The summed E-state index contributed by atoms with van der Waals surface area (Å²) in [6.07, 6.45) is 5.06. The highest BCUT2D eigenvalue weighted by Gasteiger charge is 2.26. The molecule has 3 heterocycles. The molecule has 1 amide bonds. The van der Waals surface area contributed by atoms with Gasteiger partial charge in [0.2, 0.25) is 0 Å². The van der Waals surface area contributed by atoms with Gasteiger partial charge in [-0.25, -0.2) is 0 Å². The summed E-state index contributed by atoms with van der Waals surface area (Å²) in [6.45, 7) is 2.02. The number of ether oxygens (including phenoxy) is 1. The standard InChI is InChI=1S/C16H20N4O2/c1-20(8-5-13-4-2-3-7-17-13)16(21)14-10-18-19-15(14)12-6-9-22-11-12/h2-4,7,10,12H,5-6,8-9,11H2,1H3,(H,18,19)/t12-/m0/s1. The van der Waals surface area contributed by atoms with Crippen LogP contribution in [-0.4, -0.2) is 52.8 Å². The average Bonchev–Trinajstić information content (AvgIpc) is 3.23. The number of hydrogen-bond donors (Lipinski definition) is 1. The van der Waals surface area contributed by atoms with Crippen molar-refractivity contribution >= 4 is 5.91 Å². The summed E-state index contributed by atoms with van der Waals surface area (Å²) in [6, 6.07) is 5.82. The third kappa shape index (κ3) is 3.17. The highest BCUT2D eigenvalue weighted by Crippen LogP contribution is 2.26. The van der Waals surface area contributed by atoms with Gasteiger partial charge in [-0.3, -0.25) is 14.9 Å². The molecule has 1 aliphatic rings. The molecular weight excluding hydrogens is 280 g/mol. The highest BCUT2D eigenvalue weighted by molar-refractivity contribution is 5.95. The second-order valence-corrected chi connectivity index (χ2v) is 5.56. The second kappa shape index (κ2) is 6.70. The van der Waals surface area contributed by atoms with E-state index in [9.17, 15) is 4.79 Å². The first kappa shape index (κ1) is 14.7. The van der Waals surface area contributed by atoms with Gasteiger partial charge in [0.15, 0.2) is 0 Å². The van der Waals surface area contributed by atoms with Gasteiger partial charge in [0.1, 0.15) is 0 Å². The van der Waals surface area contributed by atoms with Gasteiger partial charge < -0.3 is 9.64 Å². The van der Waals surface area contributed by atoms with Crippen molar-refractivity contribution in [3.8, 4) is 0 Å². The molecule has 1 aliphatic heterocycles. The first-order valence-electron chi connectivity index (χ1n) is 7.52. The van der Waals surface area contributed by atoms with Gasteiger partial charge in [0.05, 0.1) is 24.1 Å². The zero-order valence-corrected chi connectivity index (χ0v) is 12.7. The Morgan fingerprint density at radius 2 is 2.41 bits per heavy atom. The number of nitrogens with one attached hydrogen (secondary N) is 1. The van der Waals surface area contributed by atoms with Crippen LogP contribution in [0.15, 0.2) is 30.6 Å². The molecule has 0 unspecified atom stereocenters. The number of pyridine rings is 1. The molecule has 0 spiro atoms. The molecule has 2 aromatic rings. The van der Waals surface area contributed by atoms with Crippen LogP contribution >= 0.6 is 0 Å². The van der Waals surface area contributed by atoms with Crippen LogP contribution in [0.1, 0.15) is 34.1 Å². The fourth-order valence-electron chi connectivity index (χ4n) is 2.68. The van der Waals surface area contributed by atoms with Crippen molar-refractivity contribution in [3.05, 3.63) is 47.5 Å². The van der Waals surface area contributed by atoms with Crippen molar-refractivity contribution in [2.45, 2.75) is 18.8 Å². The maximum atomic E-state index is 12.6. The second-order valence-electron chi connectivity index (χ2n) is 5.56. The molecule has 6 heteroatoms. The largest absolute Gasteiger partial charge is 0.381 e. The maximum absolute atomic E-state index is 12.6. The van der Waals surface area contributed by atoms with Crippen LogP contribution in [0.3, 0.4) is 0 Å². The molecule has 22 heavy (non-hydrogen) atoms. The Morgan fingerprint density at radius 3 is 3.14 bits per heavy atom. The minimum absolute atomic E-state index is 0.00780. The Balaban J connectivity index is 1.64. The molecule has 0 aromatic carbocycles. The van der Waals surface area contributed by atoms with Crippen molar-refractivity contribution in [1.82, 2.24) is 20.1 Å². The predicted octanol–water partition coefficient (Wildman–Crippen LogP) is 1.62. The summed E-state index contributed by atoms with van der Waals surface area (Å²) in [5, 5.41) is 7.02. The molecule has 1 fully saturated rings. The highest BCUT2D eigenvalue weighted by atomic mass is 16.5. The molecule has 0 radical (unpaired) electrons. The maximum Gasteiger partial charge on any atom is 0.257 e. The third-order valence-electron chi connectivity index (χ3n) is 4.01. The molecule has 0 aliphatic carbocycles. The molecule has 116 valence electrons. The van der Waals surface area contributed by atoms with Gasteiger partial charge in [0, 0.05) is 44.4 Å². The van der Waals surface area contributed by atoms with Crippen LogP contribution in [0.25, 0.3) is 0 Å². The van der Waals surface area contributed by atoms with E-state index in [1.54, 1.807) is 17.3 Å². The summed E-state index contributed by atoms with van der Waals surface area (Å²) >= 11 is 0. The van der Waals surface area contributed by atoms with Crippen LogP contribution in [0.5, 0.6) is 0 Å². The zero-order valence-electron chi connectivity index (χ0n) is 12.7. The average molecular weight is 300 g/mol. The topological polar surface area (TPSA) is 71.1 Å². The van der Waals surface area contributed by atoms with E-state index in [1.807, 2.05) is 25.2 Å². The minimum atomic E-state index is -0.00780. The van der Waals surface area contributed by atoms with Crippen LogP contribution in [0.4, 0.5) is 0 Å². The predicted molar refractivity (Wildman–Crippen MR) is 81.7 cm³/mol. The molecule has 0 bridgehead atoms. The van der Waals surface area contributed by atoms with Gasteiger partial charge in [-0.05, 0) is 18.6 Å². The van der Waals surface area contributed by atoms with Gasteiger partial charge in [-0.2, -0.15) is 5.10 Å². The van der Waals surface area contributed by atoms with E-state index in [4.69, 9.17) is 4.74 Å². The fraction of sp³-hybridized carbons (Fsp3) is 0.438. The molecule has 3 rings (SSSR count). The first-order chi connectivity index (χ1) is 10.8. The van der Waals surface area contributed by atoms with Gasteiger partial charge in [-0.1, -0.05) is 6.07 Å². The molecule has 0 saturated carbocycles. The lowest BCUT2D eigenvalue weighted by atomic mass is 10.0. The number of rotatable bonds is 5. The van der Waals surface area contributed by atoms with Crippen molar-refractivity contribution in [3.63, 3.8) is 0 Å². The van der Waals surface area contributed by atoms with Crippen molar-refractivity contribution in [2.24, 2.45) is 0 Å². The van der Waals surface area contributed by atoms with Crippen LogP contribution in [0.2, 0.25) is 0 Å². The summed E-state index contributed by atoms with van der Waals surface area (Å²) < 4.78 is 5.40. The van der Waals surface area contributed by atoms with E-state index in [2.05, 4.69) is 15.2 Å². The van der Waals surface area contributed by atoms with E-state index in [-0.39, 0.29) is 11.8 Å². The first-order valence-corrected chi connectivity index (χ1v) is 7.52. The SMILES string of the molecule is CN(CCc1ccccn1)C(=O)c1cn[nH]c1[C@H]1CCOC1. The Hall–Kier alpha value is -2.21. The number of carbonyl (C=O) groups is 1. The van der Waals surface area contributed by atoms with Crippen LogP contribution in [-0.2, 0) is 11.2 Å². The lowest BCUT2D eigenvalue weighted by Crippen LogP contribution is -2.29. The van der Waals surface area contributed by atoms with E-state index < -0.39 is 0 Å². The lowest BCUT2D eigenvalue weighted by molar-refractivity contribution is 0.0794. The number of aromatic amines is 1. The number of carbonyl (C=O) groups excluding carboxylic acids is 1. The Morgan fingerprint density at radius 1 is 1.50 bits per heavy atom. The summed E-state index contributed by atoms with van der Waals surface area (Å²) in [7, 11) is 1.81. The molecule has 6 nitrogen and oxygen atoms in total. The number of nitrogens with zero attached hydrogens (tertiary/aromatic N) is 3. The number of likely N-dealkylation sites (N-methyl/N-ethyl adjacent to an activating group) is 1. The smallest absolute Gasteiger partial charge is 0.257 e.